The molecule has 2 saturated heterocycles. The number of anilines is 1. The number of carbonyl (C=O) groups excluding carboxylic acids is 1. The average molecular weight is 478 g/mol. The summed E-state index contributed by atoms with van der Waals surface area (Å²) >= 11 is 5.98. The van der Waals surface area contributed by atoms with Gasteiger partial charge in [-0.15, -0.1) is 0 Å². The predicted molar refractivity (Wildman–Crippen MR) is 125 cm³/mol. The van der Waals surface area contributed by atoms with E-state index in [-0.39, 0.29) is 10.8 Å². The molecule has 0 radical (unpaired) electrons. The Morgan fingerprint density at radius 2 is 1.62 bits per heavy atom. The van der Waals surface area contributed by atoms with Crippen molar-refractivity contribution in [3.8, 4) is 0 Å². The lowest BCUT2D eigenvalue weighted by atomic mass is 10.1. The second kappa shape index (κ2) is 9.79. The van der Waals surface area contributed by atoms with E-state index in [1.165, 1.54) is 4.31 Å². The lowest BCUT2D eigenvalue weighted by Crippen LogP contribution is -2.48. The SMILES string of the molecule is CCc1ccc(C(=O)N2CCN(c3ccc(Cl)cc3)CC2)cc1S(=O)(=O)N1CCOCC1. The number of halogens is 1. The Kier molecular flexibility index (Phi) is 7.05. The van der Waals surface area contributed by atoms with Crippen molar-refractivity contribution in [2.24, 2.45) is 0 Å². The molecule has 32 heavy (non-hydrogen) atoms. The maximum Gasteiger partial charge on any atom is 0.254 e. The van der Waals surface area contributed by atoms with Crippen LogP contribution in [0.1, 0.15) is 22.8 Å². The first kappa shape index (κ1) is 23.0. The van der Waals surface area contributed by atoms with Crippen molar-refractivity contribution < 1.29 is 17.9 Å². The number of carbonyl (C=O) groups is 1. The van der Waals surface area contributed by atoms with Gasteiger partial charge in [0.2, 0.25) is 10.0 Å². The van der Waals surface area contributed by atoms with E-state index < -0.39 is 10.0 Å². The molecule has 2 heterocycles. The highest BCUT2D eigenvalue weighted by molar-refractivity contribution is 7.89. The van der Waals surface area contributed by atoms with Crippen molar-refractivity contribution in [3.63, 3.8) is 0 Å². The molecule has 0 saturated carbocycles. The number of morpholine rings is 1. The number of piperazine rings is 1. The molecule has 9 heteroatoms. The van der Waals surface area contributed by atoms with Crippen molar-refractivity contribution in [3.05, 3.63) is 58.6 Å². The molecule has 2 fully saturated rings. The number of rotatable bonds is 5. The lowest BCUT2D eigenvalue weighted by Gasteiger charge is -2.36. The summed E-state index contributed by atoms with van der Waals surface area (Å²) in [7, 11) is -3.68. The zero-order valence-corrected chi connectivity index (χ0v) is 19.7. The molecule has 2 aliphatic heterocycles. The van der Waals surface area contributed by atoms with Gasteiger partial charge in [0.25, 0.3) is 5.91 Å². The third-order valence-corrected chi connectivity index (χ3v) is 8.27. The van der Waals surface area contributed by atoms with Gasteiger partial charge in [-0.05, 0) is 48.4 Å². The molecule has 0 atom stereocenters. The van der Waals surface area contributed by atoms with Crippen molar-refractivity contribution in [2.75, 3.05) is 57.4 Å². The fourth-order valence-corrected chi connectivity index (χ4v) is 6.00. The molecule has 2 aliphatic rings. The van der Waals surface area contributed by atoms with E-state index >= 15 is 0 Å². The minimum atomic E-state index is -3.68. The van der Waals surface area contributed by atoms with Crippen LogP contribution >= 0.6 is 11.6 Å². The third kappa shape index (κ3) is 4.78. The van der Waals surface area contributed by atoms with E-state index in [9.17, 15) is 13.2 Å². The van der Waals surface area contributed by atoms with Crippen molar-refractivity contribution in [1.82, 2.24) is 9.21 Å². The number of ether oxygens (including phenoxy) is 1. The molecule has 0 unspecified atom stereocenters. The van der Waals surface area contributed by atoms with Crippen LogP contribution in [0.15, 0.2) is 47.4 Å². The van der Waals surface area contributed by atoms with Gasteiger partial charge >= 0.3 is 0 Å². The van der Waals surface area contributed by atoms with E-state index in [1.807, 2.05) is 31.2 Å². The van der Waals surface area contributed by atoms with E-state index in [0.717, 1.165) is 11.3 Å². The number of sulfonamides is 1. The van der Waals surface area contributed by atoms with Crippen LogP contribution in [0, 0.1) is 0 Å². The molecular formula is C23H28ClN3O4S. The van der Waals surface area contributed by atoms with Crippen molar-refractivity contribution in [1.29, 1.82) is 0 Å². The monoisotopic (exact) mass is 477 g/mol. The van der Waals surface area contributed by atoms with E-state index in [1.54, 1.807) is 23.1 Å². The van der Waals surface area contributed by atoms with Gasteiger partial charge in [-0.25, -0.2) is 8.42 Å². The van der Waals surface area contributed by atoms with E-state index in [4.69, 9.17) is 16.3 Å². The number of hydrogen-bond donors (Lipinski definition) is 0. The fraction of sp³-hybridized carbons (Fsp3) is 0.435. The zero-order valence-electron chi connectivity index (χ0n) is 18.2. The van der Waals surface area contributed by atoms with Crippen LogP contribution in [0.4, 0.5) is 5.69 Å². The Morgan fingerprint density at radius 1 is 0.969 bits per heavy atom. The highest BCUT2D eigenvalue weighted by atomic mass is 35.5. The summed E-state index contributed by atoms with van der Waals surface area (Å²) in [5.41, 5.74) is 2.21. The fourth-order valence-electron chi connectivity index (χ4n) is 4.15. The molecule has 7 nitrogen and oxygen atoms in total. The second-order valence-corrected chi connectivity index (χ2v) is 10.3. The number of aryl methyl sites for hydroxylation is 1. The normalized spacial score (nSPS) is 18.1. The third-order valence-electron chi connectivity index (χ3n) is 6.04. The smallest absolute Gasteiger partial charge is 0.254 e. The Morgan fingerprint density at radius 3 is 2.25 bits per heavy atom. The average Bonchev–Trinajstić information content (AvgIpc) is 2.84. The van der Waals surface area contributed by atoms with Gasteiger partial charge in [-0.3, -0.25) is 4.79 Å². The summed E-state index contributed by atoms with van der Waals surface area (Å²) in [4.78, 5) is 17.4. The first-order chi connectivity index (χ1) is 15.4. The maximum atomic E-state index is 13.3. The molecule has 0 N–H and O–H groups in total. The zero-order chi connectivity index (χ0) is 22.7. The van der Waals surface area contributed by atoms with Crippen LogP contribution in [-0.4, -0.2) is 76.0 Å². The Balaban J connectivity index is 1.50. The van der Waals surface area contributed by atoms with Crippen molar-refractivity contribution in [2.45, 2.75) is 18.2 Å². The Bertz CT molecular complexity index is 1060. The first-order valence-corrected chi connectivity index (χ1v) is 12.7. The van der Waals surface area contributed by atoms with E-state index in [2.05, 4.69) is 4.90 Å². The number of amides is 1. The largest absolute Gasteiger partial charge is 0.379 e. The molecule has 0 aliphatic carbocycles. The summed E-state index contributed by atoms with van der Waals surface area (Å²) < 4.78 is 33.3. The summed E-state index contributed by atoms with van der Waals surface area (Å²) in [5.74, 6) is -0.137. The molecule has 4 rings (SSSR count). The highest BCUT2D eigenvalue weighted by Crippen LogP contribution is 2.25. The quantitative estimate of drug-likeness (QED) is 0.662. The van der Waals surface area contributed by atoms with Gasteiger partial charge in [0.05, 0.1) is 18.1 Å². The second-order valence-electron chi connectivity index (χ2n) is 7.95. The van der Waals surface area contributed by atoms with Gasteiger partial charge in [0.15, 0.2) is 0 Å². The molecule has 0 bridgehead atoms. The molecule has 0 aromatic heterocycles. The maximum absolute atomic E-state index is 13.3. The van der Waals surface area contributed by atoms with Gasteiger partial charge < -0.3 is 14.5 Å². The molecule has 2 aromatic carbocycles. The Hall–Kier alpha value is -2.13. The lowest BCUT2D eigenvalue weighted by molar-refractivity contribution is 0.0729. The first-order valence-electron chi connectivity index (χ1n) is 10.9. The van der Waals surface area contributed by atoms with Crippen LogP contribution in [0.2, 0.25) is 5.02 Å². The van der Waals surface area contributed by atoms with Gasteiger partial charge in [-0.2, -0.15) is 4.31 Å². The predicted octanol–water partition coefficient (Wildman–Crippen LogP) is 2.89. The number of hydrogen-bond acceptors (Lipinski definition) is 5. The Labute approximate surface area is 194 Å². The van der Waals surface area contributed by atoms with E-state index in [0.29, 0.717) is 69.5 Å². The van der Waals surface area contributed by atoms with Crippen LogP contribution in [0.25, 0.3) is 0 Å². The summed E-state index contributed by atoms with van der Waals surface area (Å²) in [5, 5.41) is 0.695. The van der Waals surface area contributed by atoms with Crippen LogP contribution < -0.4 is 4.90 Å². The van der Waals surface area contributed by atoms with Gasteiger partial charge in [0.1, 0.15) is 0 Å². The molecule has 1 amide bonds. The minimum Gasteiger partial charge on any atom is -0.379 e. The number of nitrogens with zero attached hydrogens (tertiary/aromatic N) is 3. The standard InChI is InChI=1S/C23H28ClN3O4S/c1-2-18-3-4-19(17-22(18)32(29,30)27-13-15-31-16-14-27)23(28)26-11-9-25(10-12-26)21-7-5-20(24)6-8-21/h3-8,17H,2,9-16H2,1H3. The van der Waals surface area contributed by atoms with Gasteiger partial charge in [-0.1, -0.05) is 24.6 Å². The summed E-state index contributed by atoms with van der Waals surface area (Å²) in [6.45, 7) is 5.91. The highest BCUT2D eigenvalue weighted by Gasteiger charge is 2.30. The van der Waals surface area contributed by atoms with Crippen molar-refractivity contribution >= 4 is 33.2 Å². The molecule has 2 aromatic rings. The van der Waals surface area contributed by atoms with Crippen LogP contribution in [0.3, 0.4) is 0 Å². The summed E-state index contributed by atoms with van der Waals surface area (Å²) in [6, 6.07) is 12.7. The molecule has 172 valence electrons. The molecule has 0 spiro atoms. The molecular weight excluding hydrogens is 450 g/mol. The van der Waals surface area contributed by atoms with Crippen LogP contribution in [0.5, 0.6) is 0 Å². The minimum absolute atomic E-state index is 0.137. The van der Waals surface area contributed by atoms with Crippen LogP contribution in [-0.2, 0) is 21.2 Å². The number of benzene rings is 2. The summed E-state index contributed by atoms with van der Waals surface area (Å²) in [6.07, 6.45) is 0.577. The topological polar surface area (TPSA) is 70.2 Å². The van der Waals surface area contributed by atoms with Gasteiger partial charge in [0, 0.05) is 55.5 Å².